The molecule has 1 aliphatic heterocycles. The van der Waals surface area contributed by atoms with Gasteiger partial charge in [-0.1, -0.05) is 0 Å². The topological polar surface area (TPSA) is 78.6 Å². The molecule has 5 nitrogen and oxygen atoms in total. The van der Waals surface area contributed by atoms with Gasteiger partial charge < -0.3 is 10.0 Å². The minimum Gasteiger partial charge on any atom is -0.391 e. The van der Waals surface area contributed by atoms with E-state index in [0.29, 0.717) is 12.3 Å². The molecule has 4 N–H and O–H groups in total. The van der Waals surface area contributed by atoms with E-state index in [1.807, 2.05) is 0 Å². The second-order valence-corrected chi connectivity index (χ2v) is 9.31. The van der Waals surface area contributed by atoms with Crippen LogP contribution < -0.4 is 11.3 Å². The van der Waals surface area contributed by atoms with E-state index in [4.69, 9.17) is 5.84 Å². The predicted octanol–water partition coefficient (Wildman–Crippen LogP) is 1.66. The van der Waals surface area contributed by atoms with Crippen molar-refractivity contribution in [2.45, 2.75) is 63.9 Å². The first-order valence-corrected chi connectivity index (χ1v) is 9.96. The fraction of sp³-hybridized carbons (Fsp3) is 0.947. The van der Waals surface area contributed by atoms with E-state index in [0.717, 1.165) is 50.2 Å². The summed E-state index contributed by atoms with van der Waals surface area (Å²) in [7, 11) is 0. The largest absolute Gasteiger partial charge is 0.391 e. The quantitative estimate of drug-likeness (QED) is 0.406. The van der Waals surface area contributed by atoms with Crippen molar-refractivity contribution in [1.29, 1.82) is 0 Å². The number of nitrogens with one attached hydrogen (secondary N) is 1. The fourth-order valence-electron chi connectivity index (χ4n) is 6.72. The van der Waals surface area contributed by atoms with Gasteiger partial charge in [0.1, 0.15) is 0 Å². The van der Waals surface area contributed by atoms with E-state index < -0.39 is 0 Å². The Hall–Kier alpha value is -0.650. The van der Waals surface area contributed by atoms with Crippen molar-refractivity contribution >= 4 is 5.91 Å². The SMILES string of the molecule is NNC(=O)CC1CCN(CC(O)C23CC4CC(CC(C4)C2)C3)CC1. The molecule has 5 fully saturated rings. The Balaban J connectivity index is 1.30. The average Bonchev–Trinajstić information content (AvgIpc) is 2.55. The van der Waals surface area contributed by atoms with Gasteiger partial charge in [0.25, 0.3) is 0 Å². The predicted molar refractivity (Wildman–Crippen MR) is 92.7 cm³/mol. The molecule has 1 amide bonds. The Morgan fingerprint density at radius 3 is 2.17 bits per heavy atom. The van der Waals surface area contributed by atoms with Crippen LogP contribution in [-0.2, 0) is 4.79 Å². The zero-order chi connectivity index (χ0) is 16.7. The van der Waals surface area contributed by atoms with Crippen LogP contribution >= 0.6 is 0 Å². The second-order valence-electron chi connectivity index (χ2n) is 9.31. The third-order valence-corrected chi connectivity index (χ3v) is 7.57. The number of hydrogen-bond acceptors (Lipinski definition) is 4. The average molecular weight is 335 g/mol. The van der Waals surface area contributed by atoms with Gasteiger partial charge in [-0.3, -0.25) is 10.2 Å². The van der Waals surface area contributed by atoms with Crippen molar-refractivity contribution in [2.75, 3.05) is 19.6 Å². The van der Waals surface area contributed by atoms with Crippen LogP contribution in [0.4, 0.5) is 0 Å². The lowest BCUT2D eigenvalue weighted by atomic mass is 9.48. The number of aliphatic hydroxyl groups excluding tert-OH is 1. The number of aliphatic hydroxyl groups is 1. The first-order valence-electron chi connectivity index (χ1n) is 9.96. The molecule has 0 aromatic rings. The molecule has 4 saturated carbocycles. The van der Waals surface area contributed by atoms with Gasteiger partial charge >= 0.3 is 0 Å². The molecule has 0 spiro atoms. The Morgan fingerprint density at radius 2 is 1.67 bits per heavy atom. The highest BCUT2D eigenvalue weighted by atomic mass is 16.3. The molecule has 1 saturated heterocycles. The van der Waals surface area contributed by atoms with Crippen LogP contribution in [0.15, 0.2) is 0 Å². The van der Waals surface area contributed by atoms with Crippen molar-refractivity contribution < 1.29 is 9.90 Å². The number of hydrogen-bond donors (Lipinski definition) is 3. The first kappa shape index (κ1) is 16.8. The number of rotatable bonds is 5. The normalized spacial score (nSPS) is 40.7. The van der Waals surface area contributed by atoms with Crippen molar-refractivity contribution in [1.82, 2.24) is 10.3 Å². The summed E-state index contributed by atoms with van der Waals surface area (Å²) in [6.07, 6.45) is 10.6. The number of carbonyl (C=O) groups excluding carboxylic acids is 1. The number of nitrogens with zero attached hydrogens (tertiary/aromatic N) is 1. The van der Waals surface area contributed by atoms with Crippen molar-refractivity contribution in [2.24, 2.45) is 34.9 Å². The summed E-state index contributed by atoms with van der Waals surface area (Å²) in [4.78, 5) is 13.8. The molecule has 24 heavy (non-hydrogen) atoms. The van der Waals surface area contributed by atoms with Gasteiger partial charge in [-0.15, -0.1) is 0 Å². The summed E-state index contributed by atoms with van der Waals surface area (Å²) < 4.78 is 0. The van der Waals surface area contributed by atoms with Crippen LogP contribution in [0.2, 0.25) is 0 Å². The van der Waals surface area contributed by atoms with Gasteiger partial charge in [0, 0.05) is 13.0 Å². The van der Waals surface area contributed by atoms with Gasteiger partial charge in [-0.05, 0) is 93.5 Å². The fourth-order valence-corrected chi connectivity index (χ4v) is 6.72. The standard InChI is InChI=1S/C19H33N3O2/c20-21-18(24)8-13-1-3-22(4-2-13)12-17(23)19-9-14-5-15(10-19)7-16(6-14)11-19/h13-17,23H,1-12,20H2,(H,21,24). The Morgan fingerprint density at radius 1 is 1.12 bits per heavy atom. The van der Waals surface area contributed by atoms with E-state index in [2.05, 4.69) is 10.3 Å². The molecule has 1 atom stereocenters. The third kappa shape index (κ3) is 3.23. The second kappa shape index (κ2) is 6.58. The number of piperidine rings is 1. The lowest BCUT2D eigenvalue weighted by molar-refractivity contribution is -0.128. The summed E-state index contributed by atoms with van der Waals surface area (Å²) in [6.45, 7) is 2.85. The molecule has 5 aliphatic rings. The molecule has 5 rings (SSSR count). The van der Waals surface area contributed by atoms with Crippen LogP contribution in [0.5, 0.6) is 0 Å². The van der Waals surface area contributed by atoms with Gasteiger partial charge in [-0.2, -0.15) is 0 Å². The summed E-state index contributed by atoms with van der Waals surface area (Å²) >= 11 is 0. The zero-order valence-corrected chi connectivity index (χ0v) is 14.8. The maximum Gasteiger partial charge on any atom is 0.234 e. The van der Waals surface area contributed by atoms with E-state index in [1.54, 1.807) is 0 Å². The maximum atomic E-state index is 11.4. The van der Waals surface area contributed by atoms with Crippen molar-refractivity contribution in [3.8, 4) is 0 Å². The molecular formula is C19H33N3O2. The van der Waals surface area contributed by atoms with E-state index in [-0.39, 0.29) is 17.4 Å². The maximum absolute atomic E-state index is 11.4. The van der Waals surface area contributed by atoms with Gasteiger partial charge in [0.15, 0.2) is 0 Å². The first-order chi connectivity index (χ1) is 11.6. The summed E-state index contributed by atoms with van der Waals surface area (Å²) in [5, 5.41) is 11.1. The zero-order valence-electron chi connectivity index (χ0n) is 14.8. The monoisotopic (exact) mass is 335 g/mol. The lowest BCUT2D eigenvalue weighted by Gasteiger charge is -2.59. The molecule has 4 bridgehead atoms. The summed E-state index contributed by atoms with van der Waals surface area (Å²) in [5.74, 6) is 8.26. The number of carbonyl (C=O) groups is 1. The minimum absolute atomic E-state index is 0.0537. The molecule has 136 valence electrons. The van der Waals surface area contributed by atoms with Gasteiger partial charge in [0.2, 0.25) is 5.91 Å². The number of amides is 1. The molecule has 5 heteroatoms. The van der Waals surface area contributed by atoms with Crippen LogP contribution in [0, 0.1) is 29.1 Å². The molecule has 0 radical (unpaired) electrons. The highest BCUT2D eigenvalue weighted by Crippen LogP contribution is 2.61. The Kier molecular flexibility index (Phi) is 4.61. The lowest BCUT2D eigenvalue weighted by Crippen LogP contribution is -2.55. The number of hydrazine groups is 1. The molecule has 1 unspecified atom stereocenters. The summed E-state index contributed by atoms with van der Waals surface area (Å²) in [5.41, 5.74) is 2.46. The number of β-amino-alcohol motifs (C(OH)–C–C–N with tert-alkyl or cyclic N) is 1. The van der Waals surface area contributed by atoms with Gasteiger partial charge in [-0.25, -0.2) is 5.84 Å². The van der Waals surface area contributed by atoms with Crippen molar-refractivity contribution in [3.05, 3.63) is 0 Å². The molecule has 0 aromatic carbocycles. The molecule has 4 aliphatic carbocycles. The smallest absolute Gasteiger partial charge is 0.234 e. The number of likely N-dealkylation sites (tertiary alicyclic amines) is 1. The van der Waals surface area contributed by atoms with Crippen molar-refractivity contribution in [3.63, 3.8) is 0 Å². The van der Waals surface area contributed by atoms with Gasteiger partial charge in [0.05, 0.1) is 6.10 Å². The van der Waals surface area contributed by atoms with E-state index in [1.165, 1.54) is 38.5 Å². The van der Waals surface area contributed by atoms with Crippen LogP contribution in [0.3, 0.4) is 0 Å². The van der Waals surface area contributed by atoms with E-state index >= 15 is 0 Å². The third-order valence-electron chi connectivity index (χ3n) is 7.57. The Bertz CT molecular complexity index is 438. The van der Waals surface area contributed by atoms with Crippen LogP contribution in [0.1, 0.15) is 57.8 Å². The van der Waals surface area contributed by atoms with E-state index in [9.17, 15) is 9.90 Å². The number of nitrogens with two attached hydrogens (primary N) is 1. The highest BCUT2D eigenvalue weighted by Gasteiger charge is 2.54. The minimum atomic E-state index is -0.158. The molecule has 1 heterocycles. The van der Waals surface area contributed by atoms with Crippen LogP contribution in [0.25, 0.3) is 0 Å². The summed E-state index contributed by atoms with van der Waals surface area (Å²) in [6, 6.07) is 0. The van der Waals surface area contributed by atoms with Crippen LogP contribution in [-0.4, -0.2) is 41.7 Å². The molecular weight excluding hydrogens is 302 g/mol. The molecule has 0 aromatic heterocycles. The Labute approximate surface area is 145 Å². The highest BCUT2D eigenvalue weighted by molar-refractivity contribution is 5.75.